The van der Waals surface area contributed by atoms with Gasteiger partial charge in [0.15, 0.2) is 0 Å². The molecule has 1 aromatic carbocycles. The normalized spacial score (nSPS) is 16.7. The van der Waals surface area contributed by atoms with Crippen molar-refractivity contribution in [3.63, 3.8) is 0 Å². The van der Waals surface area contributed by atoms with E-state index < -0.39 is 0 Å². The van der Waals surface area contributed by atoms with Gasteiger partial charge in [-0.1, -0.05) is 19.1 Å². The van der Waals surface area contributed by atoms with E-state index in [4.69, 9.17) is 22.7 Å². The number of nitrogens with zero attached hydrogens (tertiary/aromatic N) is 2. The van der Waals surface area contributed by atoms with Crippen molar-refractivity contribution in [2.24, 2.45) is 5.73 Å². The number of piperidine rings is 1. The van der Waals surface area contributed by atoms with Gasteiger partial charge in [0.1, 0.15) is 10.7 Å². The molecule has 1 aliphatic rings. The van der Waals surface area contributed by atoms with Crippen molar-refractivity contribution in [1.82, 2.24) is 4.90 Å². The van der Waals surface area contributed by atoms with E-state index >= 15 is 0 Å². The van der Waals surface area contributed by atoms with Crippen LogP contribution in [-0.2, 0) is 0 Å². The number of nitrogens with two attached hydrogens (primary N) is 1. The molecule has 21 heavy (non-hydrogen) atoms. The summed E-state index contributed by atoms with van der Waals surface area (Å²) in [5.41, 5.74) is 7.86. The smallest absolute Gasteiger partial charge is 0.120 e. The maximum atomic E-state index is 5.87. The lowest BCUT2D eigenvalue weighted by Gasteiger charge is -2.38. The summed E-state index contributed by atoms with van der Waals surface area (Å²) < 4.78 is 5.34. The molecule has 0 aliphatic carbocycles. The van der Waals surface area contributed by atoms with Crippen LogP contribution in [0.2, 0.25) is 0 Å². The fraction of sp³-hybridized carbons (Fsp3) is 0.562. The van der Waals surface area contributed by atoms with Crippen molar-refractivity contribution >= 4 is 22.9 Å². The molecule has 1 heterocycles. The van der Waals surface area contributed by atoms with Crippen molar-refractivity contribution in [3.8, 4) is 5.75 Å². The summed E-state index contributed by atoms with van der Waals surface area (Å²) in [6.07, 6.45) is 2.33. The molecule has 1 saturated heterocycles. The second-order valence-electron chi connectivity index (χ2n) is 5.52. The quantitative estimate of drug-likeness (QED) is 0.845. The van der Waals surface area contributed by atoms with Gasteiger partial charge in [-0.3, -0.25) is 0 Å². The third-order valence-corrected chi connectivity index (χ3v) is 4.62. The zero-order valence-corrected chi connectivity index (χ0v) is 13.9. The number of hydrogen-bond donors (Lipinski definition) is 1. The number of thiocarbonyl (C=S) groups is 1. The van der Waals surface area contributed by atoms with Gasteiger partial charge < -0.3 is 20.3 Å². The summed E-state index contributed by atoms with van der Waals surface area (Å²) in [5, 5.41) is 0. The molecule has 0 amide bonds. The maximum absolute atomic E-state index is 5.87. The molecule has 0 unspecified atom stereocenters. The number of methoxy groups -OCH3 is 1. The van der Waals surface area contributed by atoms with Gasteiger partial charge in [0, 0.05) is 37.8 Å². The van der Waals surface area contributed by atoms with Crippen LogP contribution in [0.15, 0.2) is 18.2 Å². The largest absolute Gasteiger partial charge is 0.497 e. The first-order chi connectivity index (χ1) is 10.1. The van der Waals surface area contributed by atoms with Gasteiger partial charge in [-0.15, -0.1) is 0 Å². The van der Waals surface area contributed by atoms with E-state index in [-0.39, 0.29) is 0 Å². The van der Waals surface area contributed by atoms with Crippen molar-refractivity contribution in [2.75, 3.05) is 38.7 Å². The Morgan fingerprint density at radius 1 is 1.43 bits per heavy atom. The van der Waals surface area contributed by atoms with Crippen LogP contribution in [0, 0.1) is 0 Å². The maximum Gasteiger partial charge on any atom is 0.120 e. The van der Waals surface area contributed by atoms with Gasteiger partial charge in [0.05, 0.1) is 12.8 Å². The number of rotatable bonds is 5. The Morgan fingerprint density at radius 2 is 2.10 bits per heavy atom. The third kappa shape index (κ3) is 3.66. The molecule has 2 rings (SSSR count). The molecule has 1 aliphatic heterocycles. The molecule has 0 saturated carbocycles. The zero-order valence-electron chi connectivity index (χ0n) is 13.1. The summed E-state index contributed by atoms with van der Waals surface area (Å²) in [7, 11) is 3.81. The van der Waals surface area contributed by atoms with Gasteiger partial charge in [0.2, 0.25) is 0 Å². The van der Waals surface area contributed by atoms with E-state index in [9.17, 15) is 0 Å². The zero-order chi connectivity index (χ0) is 15.4. The van der Waals surface area contributed by atoms with Crippen molar-refractivity contribution < 1.29 is 4.74 Å². The Hall–Kier alpha value is -1.33. The SMILES string of the molecule is CCN1CCC(N(C)c2cc(OC)ccc2C(N)=S)CC1. The highest BCUT2D eigenvalue weighted by molar-refractivity contribution is 7.80. The lowest BCUT2D eigenvalue weighted by atomic mass is 10.0. The Balaban J connectivity index is 2.21. The van der Waals surface area contributed by atoms with Crippen LogP contribution in [0.1, 0.15) is 25.3 Å². The van der Waals surface area contributed by atoms with Crippen LogP contribution >= 0.6 is 12.2 Å². The van der Waals surface area contributed by atoms with Crippen molar-refractivity contribution in [2.45, 2.75) is 25.8 Å². The summed E-state index contributed by atoms with van der Waals surface area (Å²) in [5.74, 6) is 0.836. The first-order valence-electron chi connectivity index (χ1n) is 7.49. The summed E-state index contributed by atoms with van der Waals surface area (Å²) >= 11 is 5.19. The average Bonchev–Trinajstić information content (AvgIpc) is 2.53. The van der Waals surface area contributed by atoms with Gasteiger partial charge in [0.25, 0.3) is 0 Å². The van der Waals surface area contributed by atoms with Crippen LogP contribution in [0.3, 0.4) is 0 Å². The first kappa shape index (κ1) is 16.0. The van der Waals surface area contributed by atoms with E-state index in [1.54, 1.807) is 7.11 Å². The minimum atomic E-state index is 0.436. The molecule has 2 N–H and O–H groups in total. The molecular weight excluding hydrogens is 282 g/mol. The molecule has 4 nitrogen and oxygen atoms in total. The van der Waals surface area contributed by atoms with Crippen LogP contribution < -0.4 is 15.4 Å². The molecule has 1 aromatic rings. The van der Waals surface area contributed by atoms with Crippen LogP contribution in [0.25, 0.3) is 0 Å². The number of anilines is 1. The number of hydrogen-bond acceptors (Lipinski definition) is 4. The Morgan fingerprint density at radius 3 is 2.62 bits per heavy atom. The average molecular weight is 307 g/mol. The van der Waals surface area contributed by atoms with Crippen LogP contribution in [0.5, 0.6) is 5.75 Å². The Labute approximate surface area is 132 Å². The van der Waals surface area contributed by atoms with Crippen LogP contribution in [0.4, 0.5) is 5.69 Å². The number of benzene rings is 1. The molecule has 0 aromatic heterocycles. The predicted molar refractivity (Wildman–Crippen MR) is 92.4 cm³/mol. The lowest BCUT2D eigenvalue weighted by Crippen LogP contribution is -2.43. The summed E-state index contributed by atoms with van der Waals surface area (Å²) in [4.78, 5) is 5.24. The second-order valence-corrected chi connectivity index (χ2v) is 5.96. The van der Waals surface area contributed by atoms with Gasteiger partial charge in [-0.05, 0) is 31.5 Å². The summed E-state index contributed by atoms with van der Waals surface area (Å²) in [6, 6.07) is 6.41. The highest BCUT2D eigenvalue weighted by Gasteiger charge is 2.24. The molecule has 5 heteroatoms. The molecule has 1 fully saturated rings. The fourth-order valence-corrected chi connectivity index (χ4v) is 3.13. The Kier molecular flexibility index (Phi) is 5.42. The molecule has 0 bridgehead atoms. The van der Waals surface area contributed by atoms with Crippen LogP contribution in [-0.4, -0.2) is 49.7 Å². The first-order valence-corrected chi connectivity index (χ1v) is 7.90. The van der Waals surface area contributed by atoms with E-state index in [2.05, 4.69) is 23.8 Å². The molecule has 116 valence electrons. The summed E-state index contributed by atoms with van der Waals surface area (Å²) in [6.45, 7) is 5.65. The van der Waals surface area contributed by atoms with Gasteiger partial charge in [-0.2, -0.15) is 0 Å². The van der Waals surface area contributed by atoms with E-state index in [0.29, 0.717) is 11.0 Å². The van der Waals surface area contributed by atoms with Crippen molar-refractivity contribution in [1.29, 1.82) is 0 Å². The fourth-order valence-electron chi connectivity index (χ4n) is 2.96. The Bertz CT molecular complexity index is 498. The van der Waals surface area contributed by atoms with Gasteiger partial charge in [-0.25, -0.2) is 0 Å². The second kappa shape index (κ2) is 7.09. The minimum absolute atomic E-state index is 0.436. The van der Waals surface area contributed by atoms with E-state index in [1.807, 2.05) is 18.2 Å². The highest BCUT2D eigenvalue weighted by Crippen LogP contribution is 2.29. The molecule has 0 spiro atoms. The third-order valence-electron chi connectivity index (χ3n) is 4.40. The van der Waals surface area contributed by atoms with E-state index in [1.165, 1.54) is 12.8 Å². The highest BCUT2D eigenvalue weighted by atomic mass is 32.1. The molecule has 0 radical (unpaired) electrons. The molecular formula is C16H25N3OS. The van der Waals surface area contributed by atoms with Crippen molar-refractivity contribution in [3.05, 3.63) is 23.8 Å². The topological polar surface area (TPSA) is 41.7 Å². The monoisotopic (exact) mass is 307 g/mol. The van der Waals surface area contributed by atoms with E-state index in [0.717, 1.165) is 36.6 Å². The standard InChI is InChI=1S/C16H25N3OS/c1-4-19-9-7-12(8-10-19)18(2)15-11-13(20-3)5-6-14(15)16(17)21/h5-6,11-12H,4,7-10H2,1-3H3,(H2,17,21). The number of likely N-dealkylation sites (tertiary alicyclic amines) is 1. The lowest BCUT2D eigenvalue weighted by molar-refractivity contribution is 0.221. The molecule has 0 atom stereocenters. The minimum Gasteiger partial charge on any atom is -0.497 e. The predicted octanol–water partition coefficient (Wildman–Crippen LogP) is 2.25. The van der Waals surface area contributed by atoms with Gasteiger partial charge >= 0.3 is 0 Å². The number of ether oxygens (including phenoxy) is 1.